The fraction of sp³-hybridized carbons (Fsp3) is 0.174. The Bertz CT molecular complexity index is 1130. The maximum atomic E-state index is 12.9. The van der Waals surface area contributed by atoms with E-state index in [1.807, 2.05) is 79.2 Å². The Labute approximate surface area is 170 Å². The molecule has 0 unspecified atom stereocenters. The molecule has 0 spiro atoms. The molecule has 4 aromatic rings. The molecule has 6 nitrogen and oxygen atoms in total. The number of aryl methyl sites for hydroxylation is 1. The molecule has 0 N–H and O–H groups in total. The van der Waals surface area contributed by atoms with Crippen molar-refractivity contribution in [2.75, 3.05) is 7.05 Å². The first-order valence-electron chi connectivity index (χ1n) is 9.50. The van der Waals surface area contributed by atoms with Crippen LogP contribution in [0, 0.1) is 13.8 Å². The summed E-state index contributed by atoms with van der Waals surface area (Å²) in [5.41, 5.74) is 5.50. The number of carbonyl (C=O) groups excluding carboxylic acids is 1. The molecule has 0 saturated carbocycles. The maximum absolute atomic E-state index is 12.9. The van der Waals surface area contributed by atoms with Crippen LogP contribution in [0.3, 0.4) is 0 Å². The van der Waals surface area contributed by atoms with E-state index in [0.717, 1.165) is 28.3 Å². The highest BCUT2D eigenvalue weighted by atomic mass is 16.2. The van der Waals surface area contributed by atoms with Crippen molar-refractivity contribution in [3.05, 3.63) is 95.6 Å². The summed E-state index contributed by atoms with van der Waals surface area (Å²) < 4.78 is 3.64. The molecule has 0 atom stereocenters. The normalized spacial score (nSPS) is 10.9. The van der Waals surface area contributed by atoms with E-state index < -0.39 is 0 Å². The molecule has 0 radical (unpaired) electrons. The van der Waals surface area contributed by atoms with Crippen molar-refractivity contribution in [3.8, 4) is 11.4 Å². The second-order valence-electron chi connectivity index (χ2n) is 7.07. The van der Waals surface area contributed by atoms with Gasteiger partial charge in [-0.3, -0.25) is 4.79 Å². The summed E-state index contributed by atoms with van der Waals surface area (Å²) in [7, 11) is 1.81. The van der Waals surface area contributed by atoms with Gasteiger partial charge >= 0.3 is 0 Å². The molecule has 0 aliphatic carbocycles. The van der Waals surface area contributed by atoms with Gasteiger partial charge in [-0.1, -0.05) is 36.4 Å². The van der Waals surface area contributed by atoms with E-state index >= 15 is 0 Å². The van der Waals surface area contributed by atoms with E-state index in [9.17, 15) is 4.79 Å². The average molecular weight is 385 g/mol. The number of carbonyl (C=O) groups is 1. The molecule has 4 rings (SSSR count). The van der Waals surface area contributed by atoms with Gasteiger partial charge in [0.05, 0.1) is 28.8 Å². The molecular weight excluding hydrogens is 362 g/mol. The summed E-state index contributed by atoms with van der Waals surface area (Å²) in [5, 5.41) is 9.00. The van der Waals surface area contributed by atoms with Gasteiger partial charge in [-0.15, -0.1) is 0 Å². The Hall–Kier alpha value is -3.67. The number of amides is 1. The molecule has 0 aliphatic rings. The largest absolute Gasteiger partial charge is 0.337 e. The lowest BCUT2D eigenvalue weighted by molar-refractivity contribution is 0.0784. The van der Waals surface area contributed by atoms with Gasteiger partial charge in [-0.2, -0.15) is 10.2 Å². The second kappa shape index (κ2) is 7.75. The average Bonchev–Trinajstić information content (AvgIpc) is 3.35. The maximum Gasteiger partial charge on any atom is 0.257 e. The van der Waals surface area contributed by atoms with Gasteiger partial charge in [-0.25, -0.2) is 9.36 Å². The van der Waals surface area contributed by atoms with E-state index in [2.05, 4.69) is 10.2 Å². The number of aromatic nitrogens is 4. The van der Waals surface area contributed by atoms with E-state index in [0.29, 0.717) is 12.1 Å². The standard InChI is InChI=1S/C23H23N5O/c1-17-22(18(2)28(25-17)21-12-8-5-9-13-21)16-26(3)23(29)19-14-24-27(15-19)20-10-6-4-7-11-20/h4-15H,16H2,1-3H3. The summed E-state index contributed by atoms with van der Waals surface area (Å²) in [6.07, 6.45) is 3.38. The highest BCUT2D eigenvalue weighted by Gasteiger charge is 2.19. The van der Waals surface area contributed by atoms with E-state index in [1.54, 1.807) is 29.0 Å². The molecule has 0 bridgehead atoms. The van der Waals surface area contributed by atoms with Crippen LogP contribution in [0.25, 0.3) is 11.4 Å². The van der Waals surface area contributed by atoms with Gasteiger partial charge in [0.1, 0.15) is 0 Å². The number of rotatable bonds is 5. The molecule has 6 heteroatoms. The number of benzene rings is 2. The first kappa shape index (κ1) is 18.7. The lowest BCUT2D eigenvalue weighted by Crippen LogP contribution is -2.26. The van der Waals surface area contributed by atoms with Gasteiger partial charge in [0, 0.05) is 31.0 Å². The zero-order valence-electron chi connectivity index (χ0n) is 16.8. The SMILES string of the molecule is Cc1nn(-c2ccccc2)c(C)c1CN(C)C(=O)c1cnn(-c2ccccc2)c1. The minimum absolute atomic E-state index is 0.0709. The van der Waals surface area contributed by atoms with Gasteiger partial charge < -0.3 is 4.90 Å². The molecule has 2 aromatic heterocycles. The summed E-state index contributed by atoms with van der Waals surface area (Å²) in [5.74, 6) is -0.0709. The fourth-order valence-corrected chi connectivity index (χ4v) is 3.41. The molecule has 1 amide bonds. The Morgan fingerprint density at radius 1 is 0.966 bits per heavy atom. The molecule has 0 aliphatic heterocycles. The van der Waals surface area contributed by atoms with E-state index in [-0.39, 0.29) is 5.91 Å². The van der Waals surface area contributed by atoms with Crippen molar-refractivity contribution in [1.29, 1.82) is 0 Å². The summed E-state index contributed by atoms with van der Waals surface area (Å²) in [6, 6.07) is 19.8. The van der Waals surface area contributed by atoms with Crippen LogP contribution in [0.5, 0.6) is 0 Å². The lowest BCUT2D eigenvalue weighted by atomic mass is 10.1. The molecule has 0 fully saturated rings. The first-order chi connectivity index (χ1) is 14.0. The van der Waals surface area contributed by atoms with Gasteiger partial charge in [0.15, 0.2) is 0 Å². The van der Waals surface area contributed by atoms with Crippen LogP contribution in [-0.2, 0) is 6.54 Å². The van der Waals surface area contributed by atoms with Crippen LogP contribution in [0.15, 0.2) is 73.1 Å². The van der Waals surface area contributed by atoms with Crippen molar-refractivity contribution in [2.24, 2.45) is 0 Å². The van der Waals surface area contributed by atoms with Crippen molar-refractivity contribution in [1.82, 2.24) is 24.5 Å². The smallest absolute Gasteiger partial charge is 0.257 e. The fourth-order valence-electron chi connectivity index (χ4n) is 3.41. The molecule has 0 saturated heterocycles. The third-order valence-corrected chi connectivity index (χ3v) is 5.03. The third kappa shape index (κ3) is 3.69. The Kier molecular flexibility index (Phi) is 4.99. The molecule has 29 heavy (non-hydrogen) atoms. The van der Waals surface area contributed by atoms with Crippen molar-refractivity contribution < 1.29 is 4.79 Å². The van der Waals surface area contributed by atoms with Crippen molar-refractivity contribution >= 4 is 5.91 Å². The lowest BCUT2D eigenvalue weighted by Gasteiger charge is -2.16. The third-order valence-electron chi connectivity index (χ3n) is 5.03. The minimum atomic E-state index is -0.0709. The highest BCUT2D eigenvalue weighted by molar-refractivity contribution is 5.93. The Balaban J connectivity index is 1.54. The summed E-state index contributed by atoms with van der Waals surface area (Å²) >= 11 is 0. The van der Waals surface area contributed by atoms with Crippen LogP contribution in [0.1, 0.15) is 27.3 Å². The zero-order chi connectivity index (χ0) is 20.4. The number of para-hydroxylation sites is 2. The van der Waals surface area contributed by atoms with Crippen molar-refractivity contribution in [2.45, 2.75) is 20.4 Å². The number of nitrogens with zero attached hydrogens (tertiary/aromatic N) is 5. The quantitative estimate of drug-likeness (QED) is 0.523. The molecular formula is C23H23N5O. The zero-order valence-corrected chi connectivity index (χ0v) is 16.8. The van der Waals surface area contributed by atoms with Crippen LogP contribution >= 0.6 is 0 Å². The molecule has 2 aromatic carbocycles. The summed E-state index contributed by atoms with van der Waals surface area (Å²) in [4.78, 5) is 14.6. The van der Waals surface area contributed by atoms with Crippen molar-refractivity contribution in [3.63, 3.8) is 0 Å². The monoisotopic (exact) mass is 385 g/mol. The Morgan fingerprint density at radius 2 is 1.59 bits per heavy atom. The highest BCUT2D eigenvalue weighted by Crippen LogP contribution is 2.20. The molecule has 146 valence electrons. The van der Waals surface area contributed by atoms with E-state index in [4.69, 9.17) is 0 Å². The van der Waals surface area contributed by atoms with Gasteiger partial charge in [0.2, 0.25) is 0 Å². The Morgan fingerprint density at radius 3 is 2.24 bits per heavy atom. The topological polar surface area (TPSA) is 56.0 Å². The second-order valence-corrected chi connectivity index (χ2v) is 7.07. The predicted molar refractivity (Wildman–Crippen MR) is 112 cm³/mol. The number of hydrogen-bond donors (Lipinski definition) is 0. The predicted octanol–water partition coefficient (Wildman–Crippen LogP) is 3.95. The number of hydrogen-bond acceptors (Lipinski definition) is 3. The summed E-state index contributed by atoms with van der Waals surface area (Å²) in [6.45, 7) is 4.50. The molecule has 2 heterocycles. The van der Waals surface area contributed by atoms with Crippen LogP contribution in [-0.4, -0.2) is 37.4 Å². The van der Waals surface area contributed by atoms with Crippen LogP contribution in [0.2, 0.25) is 0 Å². The van der Waals surface area contributed by atoms with Crippen LogP contribution in [0.4, 0.5) is 0 Å². The van der Waals surface area contributed by atoms with Gasteiger partial charge in [-0.05, 0) is 38.1 Å². The minimum Gasteiger partial charge on any atom is -0.337 e. The van der Waals surface area contributed by atoms with Crippen LogP contribution < -0.4 is 0 Å². The van der Waals surface area contributed by atoms with E-state index in [1.165, 1.54) is 0 Å². The van der Waals surface area contributed by atoms with Gasteiger partial charge in [0.25, 0.3) is 5.91 Å². The first-order valence-corrected chi connectivity index (χ1v) is 9.50.